The number of carbonyl (C=O) groups is 1. The van der Waals surface area contributed by atoms with E-state index in [1.807, 2.05) is 0 Å². The molecular formula is C14H6BrF5O. The average Bonchev–Trinajstić information content (AvgIpc) is 2.43. The molecule has 2 aromatic carbocycles. The van der Waals surface area contributed by atoms with Crippen molar-refractivity contribution in [3.8, 4) is 0 Å². The van der Waals surface area contributed by atoms with Gasteiger partial charge in [0.1, 0.15) is 0 Å². The van der Waals surface area contributed by atoms with E-state index in [0.29, 0.717) is 6.07 Å². The molecule has 0 heterocycles. The normalized spacial score (nSPS) is 11.5. The predicted molar refractivity (Wildman–Crippen MR) is 68.9 cm³/mol. The van der Waals surface area contributed by atoms with Crippen molar-refractivity contribution in [2.45, 2.75) is 6.18 Å². The summed E-state index contributed by atoms with van der Waals surface area (Å²) >= 11 is 2.69. The Morgan fingerprint density at radius 2 is 1.57 bits per heavy atom. The Kier molecular flexibility index (Phi) is 4.13. The Morgan fingerprint density at radius 3 is 2.19 bits per heavy atom. The summed E-state index contributed by atoms with van der Waals surface area (Å²) < 4.78 is 64.5. The molecule has 0 radical (unpaired) electrons. The van der Waals surface area contributed by atoms with Crippen molar-refractivity contribution in [1.29, 1.82) is 0 Å². The van der Waals surface area contributed by atoms with Crippen LogP contribution in [0.15, 0.2) is 40.9 Å². The molecule has 21 heavy (non-hydrogen) atoms. The highest BCUT2D eigenvalue weighted by Crippen LogP contribution is 2.34. The Bertz CT molecular complexity index is 709. The first-order valence-corrected chi connectivity index (χ1v) is 6.37. The molecule has 0 aliphatic rings. The third-order valence-electron chi connectivity index (χ3n) is 2.76. The fourth-order valence-corrected chi connectivity index (χ4v) is 2.28. The van der Waals surface area contributed by atoms with Gasteiger partial charge in [-0.3, -0.25) is 4.79 Å². The highest BCUT2D eigenvalue weighted by Gasteiger charge is 2.35. The zero-order valence-electron chi connectivity index (χ0n) is 10.1. The standard InChI is InChI=1S/C14H6BrF5O/c15-11-8(5-6-10(16)12(11)17)13(21)7-3-1-2-4-9(7)14(18,19)20/h1-6H. The van der Waals surface area contributed by atoms with Crippen molar-refractivity contribution in [3.05, 3.63) is 69.2 Å². The van der Waals surface area contributed by atoms with Crippen LogP contribution in [0.3, 0.4) is 0 Å². The largest absolute Gasteiger partial charge is 0.417 e. The minimum atomic E-state index is -4.72. The Morgan fingerprint density at radius 1 is 0.952 bits per heavy atom. The molecule has 0 saturated heterocycles. The van der Waals surface area contributed by atoms with Crippen LogP contribution in [0.25, 0.3) is 0 Å². The van der Waals surface area contributed by atoms with Crippen LogP contribution in [0.5, 0.6) is 0 Å². The quantitative estimate of drug-likeness (QED) is 0.417. The number of halogens is 6. The average molecular weight is 365 g/mol. The number of rotatable bonds is 2. The van der Waals surface area contributed by atoms with Gasteiger partial charge in [0.25, 0.3) is 0 Å². The molecule has 0 atom stereocenters. The second-order valence-electron chi connectivity index (χ2n) is 4.10. The van der Waals surface area contributed by atoms with Crippen LogP contribution in [0.4, 0.5) is 22.0 Å². The lowest BCUT2D eigenvalue weighted by atomic mass is 9.98. The number of ketones is 1. The predicted octanol–water partition coefficient (Wildman–Crippen LogP) is 4.98. The molecule has 0 amide bonds. The first-order valence-electron chi connectivity index (χ1n) is 5.58. The van der Waals surface area contributed by atoms with Gasteiger partial charge in [0.15, 0.2) is 17.4 Å². The summed E-state index contributed by atoms with van der Waals surface area (Å²) in [6.07, 6.45) is -4.72. The molecule has 2 aromatic rings. The number of hydrogen-bond donors (Lipinski definition) is 0. The van der Waals surface area contributed by atoms with Gasteiger partial charge in [-0.1, -0.05) is 18.2 Å². The topological polar surface area (TPSA) is 17.1 Å². The highest BCUT2D eigenvalue weighted by atomic mass is 79.9. The van der Waals surface area contributed by atoms with E-state index in [2.05, 4.69) is 15.9 Å². The first-order chi connectivity index (χ1) is 9.73. The summed E-state index contributed by atoms with van der Waals surface area (Å²) in [6.45, 7) is 0. The molecule has 0 unspecified atom stereocenters. The van der Waals surface area contributed by atoms with Gasteiger partial charge < -0.3 is 0 Å². The molecule has 2 rings (SSSR count). The lowest BCUT2D eigenvalue weighted by Gasteiger charge is -2.12. The van der Waals surface area contributed by atoms with E-state index in [-0.39, 0.29) is 5.56 Å². The van der Waals surface area contributed by atoms with Crippen molar-refractivity contribution in [2.24, 2.45) is 0 Å². The number of hydrogen-bond acceptors (Lipinski definition) is 1. The van der Waals surface area contributed by atoms with Crippen LogP contribution < -0.4 is 0 Å². The second-order valence-corrected chi connectivity index (χ2v) is 4.89. The first kappa shape index (κ1) is 15.6. The fraction of sp³-hybridized carbons (Fsp3) is 0.0714. The molecule has 1 nitrogen and oxygen atoms in total. The van der Waals surface area contributed by atoms with Crippen LogP contribution in [0.2, 0.25) is 0 Å². The summed E-state index contributed by atoms with van der Waals surface area (Å²) in [5, 5.41) is 0. The minimum absolute atomic E-state index is 0.384. The molecule has 0 bridgehead atoms. The van der Waals surface area contributed by atoms with Gasteiger partial charge in [-0.2, -0.15) is 13.2 Å². The zero-order valence-corrected chi connectivity index (χ0v) is 11.7. The van der Waals surface area contributed by atoms with E-state index in [0.717, 1.165) is 24.3 Å². The van der Waals surface area contributed by atoms with Crippen molar-refractivity contribution in [1.82, 2.24) is 0 Å². The van der Waals surface area contributed by atoms with Gasteiger partial charge in [0.05, 0.1) is 10.0 Å². The summed E-state index contributed by atoms with van der Waals surface area (Å²) in [7, 11) is 0. The lowest BCUT2D eigenvalue weighted by molar-refractivity contribution is -0.137. The number of benzene rings is 2. The molecule has 0 aliphatic carbocycles. The van der Waals surface area contributed by atoms with E-state index < -0.39 is 39.2 Å². The van der Waals surface area contributed by atoms with Crippen LogP contribution in [-0.2, 0) is 6.18 Å². The van der Waals surface area contributed by atoms with Gasteiger partial charge in [-0.15, -0.1) is 0 Å². The monoisotopic (exact) mass is 364 g/mol. The smallest absolute Gasteiger partial charge is 0.289 e. The van der Waals surface area contributed by atoms with Crippen LogP contribution in [-0.4, -0.2) is 5.78 Å². The van der Waals surface area contributed by atoms with Gasteiger partial charge in [-0.25, -0.2) is 8.78 Å². The van der Waals surface area contributed by atoms with E-state index >= 15 is 0 Å². The molecular weight excluding hydrogens is 359 g/mol. The summed E-state index contributed by atoms with van der Waals surface area (Å²) in [4.78, 5) is 12.2. The van der Waals surface area contributed by atoms with Gasteiger partial charge >= 0.3 is 6.18 Å². The highest BCUT2D eigenvalue weighted by molar-refractivity contribution is 9.10. The van der Waals surface area contributed by atoms with Crippen molar-refractivity contribution in [2.75, 3.05) is 0 Å². The summed E-state index contributed by atoms with van der Waals surface area (Å²) in [5.74, 6) is -3.58. The van der Waals surface area contributed by atoms with E-state index in [9.17, 15) is 26.7 Å². The maximum atomic E-state index is 13.4. The molecule has 110 valence electrons. The summed E-state index contributed by atoms with van der Waals surface area (Å²) in [6, 6.07) is 5.75. The fourth-order valence-electron chi connectivity index (χ4n) is 1.77. The Hall–Kier alpha value is -1.76. The van der Waals surface area contributed by atoms with Crippen LogP contribution >= 0.6 is 15.9 Å². The lowest BCUT2D eigenvalue weighted by Crippen LogP contribution is -2.14. The van der Waals surface area contributed by atoms with Crippen molar-refractivity contribution in [3.63, 3.8) is 0 Å². The SMILES string of the molecule is O=C(c1ccccc1C(F)(F)F)c1ccc(F)c(F)c1Br. The van der Waals surface area contributed by atoms with E-state index in [1.54, 1.807) is 0 Å². The molecule has 0 saturated carbocycles. The Labute approximate surface area is 124 Å². The van der Waals surface area contributed by atoms with Gasteiger partial charge in [0.2, 0.25) is 0 Å². The molecule has 0 aliphatic heterocycles. The zero-order chi connectivity index (χ0) is 15.8. The van der Waals surface area contributed by atoms with Gasteiger partial charge in [0, 0.05) is 11.1 Å². The summed E-state index contributed by atoms with van der Waals surface area (Å²) in [5.41, 5.74) is -2.14. The number of carbonyl (C=O) groups excluding carboxylic acids is 1. The maximum Gasteiger partial charge on any atom is 0.417 e. The second kappa shape index (κ2) is 5.55. The van der Waals surface area contributed by atoms with Crippen LogP contribution in [0.1, 0.15) is 21.5 Å². The molecule has 0 fully saturated rings. The van der Waals surface area contributed by atoms with Crippen LogP contribution in [0, 0.1) is 11.6 Å². The molecule has 0 aromatic heterocycles. The van der Waals surface area contributed by atoms with Crippen molar-refractivity contribution < 1.29 is 26.7 Å². The molecule has 0 N–H and O–H groups in total. The molecule has 7 heteroatoms. The molecule has 0 spiro atoms. The third-order valence-corrected chi connectivity index (χ3v) is 3.53. The third kappa shape index (κ3) is 2.97. The van der Waals surface area contributed by atoms with Gasteiger partial charge in [-0.05, 0) is 34.1 Å². The minimum Gasteiger partial charge on any atom is -0.289 e. The number of alkyl halides is 3. The van der Waals surface area contributed by atoms with Crippen molar-refractivity contribution >= 4 is 21.7 Å². The maximum absolute atomic E-state index is 13.4. The Balaban J connectivity index is 2.59. The van der Waals surface area contributed by atoms with E-state index in [1.165, 1.54) is 6.07 Å². The van der Waals surface area contributed by atoms with E-state index in [4.69, 9.17) is 0 Å².